The Bertz CT molecular complexity index is 984. The molecular formula is C19H19F4N2O2P. The van der Waals surface area contributed by atoms with E-state index in [1.807, 2.05) is 0 Å². The molecule has 1 aliphatic rings. The molecular weight excluding hydrogens is 395 g/mol. The van der Waals surface area contributed by atoms with Crippen molar-refractivity contribution in [3.63, 3.8) is 0 Å². The number of amides is 1. The van der Waals surface area contributed by atoms with Crippen LogP contribution < -0.4 is 15.9 Å². The SMILES string of the molecule is CP(C)(=O)c1ccccc1-c1ccc(N2CCC(N)C2=O)c(C(F)(F)F)c1F. The number of hydrogen-bond acceptors (Lipinski definition) is 3. The van der Waals surface area contributed by atoms with Crippen LogP contribution in [0, 0.1) is 5.82 Å². The van der Waals surface area contributed by atoms with E-state index in [2.05, 4.69) is 0 Å². The molecule has 0 spiro atoms. The van der Waals surface area contributed by atoms with E-state index in [9.17, 15) is 22.5 Å². The Morgan fingerprint density at radius 1 is 1.11 bits per heavy atom. The molecule has 150 valence electrons. The van der Waals surface area contributed by atoms with Crippen LogP contribution in [0.5, 0.6) is 0 Å². The van der Waals surface area contributed by atoms with E-state index in [4.69, 9.17) is 5.73 Å². The lowest BCUT2D eigenvalue weighted by Gasteiger charge is -2.24. The fraction of sp³-hybridized carbons (Fsp3) is 0.316. The van der Waals surface area contributed by atoms with Gasteiger partial charge in [-0.25, -0.2) is 4.39 Å². The summed E-state index contributed by atoms with van der Waals surface area (Å²) in [6.45, 7) is 2.91. The van der Waals surface area contributed by atoms with Crippen LogP contribution in [-0.2, 0) is 15.5 Å². The van der Waals surface area contributed by atoms with Gasteiger partial charge in [0.1, 0.15) is 18.5 Å². The molecule has 0 radical (unpaired) electrons. The van der Waals surface area contributed by atoms with Crippen LogP contribution in [-0.4, -0.2) is 31.8 Å². The van der Waals surface area contributed by atoms with Crippen molar-refractivity contribution in [1.29, 1.82) is 0 Å². The Hall–Kier alpha value is -2.18. The van der Waals surface area contributed by atoms with E-state index in [0.29, 0.717) is 0 Å². The first-order valence-electron chi connectivity index (χ1n) is 8.54. The van der Waals surface area contributed by atoms with E-state index in [1.54, 1.807) is 6.07 Å². The first-order chi connectivity index (χ1) is 12.9. The number of nitrogens with zero attached hydrogens (tertiary/aromatic N) is 1. The highest BCUT2D eigenvalue weighted by Gasteiger charge is 2.42. The summed E-state index contributed by atoms with van der Waals surface area (Å²) < 4.78 is 69.0. The van der Waals surface area contributed by atoms with E-state index in [-0.39, 0.29) is 29.4 Å². The van der Waals surface area contributed by atoms with Crippen molar-refractivity contribution in [1.82, 2.24) is 0 Å². The Morgan fingerprint density at radius 2 is 1.75 bits per heavy atom. The number of halogens is 4. The number of rotatable bonds is 3. The minimum Gasteiger partial charge on any atom is -0.320 e. The topological polar surface area (TPSA) is 63.4 Å². The second kappa shape index (κ2) is 7.01. The van der Waals surface area contributed by atoms with Gasteiger partial charge in [0, 0.05) is 17.4 Å². The number of hydrogen-bond donors (Lipinski definition) is 1. The molecule has 1 saturated heterocycles. The quantitative estimate of drug-likeness (QED) is 0.614. The fourth-order valence-corrected chi connectivity index (χ4v) is 4.60. The molecule has 1 aliphatic heterocycles. The van der Waals surface area contributed by atoms with Gasteiger partial charge in [-0.2, -0.15) is 13.2 Å². The van der Waals surface area contributed by atoms with Crippen LogP contribution in [0.2, 0.25) is 0 Å². The third-order valence-electron chi connectivity index (χ3n) is 4.72. The van der Waals surface area contributed by atoms with Crippen molar-refractivity contribution >= 4 is 24.0 Å². The van der Waals surface area contributed by atoms with E-state index in [0.717, 1.165) is 11.0 Å². The largest absolute Gasteiger partial charge is 0.421 e. The summed E-state index contributed by atoms with van der Waals surface area (Å²) in [6, 6.07) is 7.44. The average molecular weight is 414 g/mol. The zero-order chi connectivity index (χ0) is 20.9. The Kier molecular flexibility index (Phi) is 5.15. The first-order valence-corrected chi connectivity index (χ1v) is 11.1. The molecule has 1 amide bonds. The highest BCUT2D eigenvalue weighted by molar-refractivity contribution is 7.70. The normalized spacial score (nSPS) is 18.0. The summed E-state index contributed by atoms with van der Waals surface area (Å²) in [5.74, 6) is -2.18. The molecule has 0 aromatic heterocycles. The molecule has 3 rings (SSSR count). The molecule has 1 heterocycles. The Morgan fingerprint density at radius 3 is 2.29 bits per heavy atom. The van der Waals surface area contributed by atoms with Crippen LogP contribution in [0.15, 0.2) is 36.4 Å². The molecule has 2 N–H and O–H groups in total. The standard InChI is InChI=1S/C19H19F4N2O2P/c1-28(2,27)15-6-4-3-5-11(15)12-7-8-14(16(17(12)20)19(21,22)23)25-10-9-13(24)18(25)26/h3-8,13H,9-10,24H2,1-2H3. The molecule has 0 saturated carbocycles. The number of anilines is 1. The molecule has 0 bridgehead atoms. The molecule has 28 heavy (non-hydrogen) atoms. The van der Waals surface area contributed by atoms with Gasteiger partial charge in [-0.3, -0.25) is 4.79 Å². The third kappa shape index (κ3) is 3.59. The molecule has 9 heteroatoms. The summed E-state index contributed by atoms with van der Waals surface area (Å²) in [6.07, 6.45) is -4.84. The van der Waals surface area contributed by atoms with Gasteiger partial charge in [-0.1, -0.05) is 24.3 Å². The zero-order valence-corrected chi connectivity index (χ0v) is 16.2. The molecule has 2 aromatic carbocycles. The Balaban J connectivity index is 2.26. The number of nitrogens with two attached hydrogens (primary N) is 1. The van der Waals surface area contributed by atoms with Gasteiger partial charge in [-0.15, -0.1) is 0 Å². The maximum absolute atomic E-state index is 15.2. The lowest BCUT2D eigenvalue weighted by atomic mass is 9.99. The molecule has 4 nitrogen and oxygen atoms in total. The van der Waals surface area contributed by atoms with Gasteiger partial charge in [0.2, 0.25) is 5.91 Å². The van der Waals surface area contributed by atoms with Gasteiger partial charge in [0.15, 0.2) is 0 Å². The van der Waals surface area contributed by atoms with Crippen LogP contribution >= 0.6 is 7.14 Å². The third-order valence-corrected chi connectivity index (χ3v) is 6.27. The molecule has 2 aromatic rings. The fourth-order valence-electron chi connectivity index (χ4n) is 3.38. The minimum absolute atomic E-state index is 0.0163. The zero-order valence-electron chi connectivity index (χ0n) is 15.3. The van der Waals surface area contributed by atoms with Crippen molar-refractivity contribution in [2.75, 3.05) is 24.8 Å². The predicted molar refractivity (Wildman–Crippen MR) is 101 cm³/mol. The van der Waals surface area contributed by atoms with Crippen LogP contribution in [0.4, 0.5) is 23.2 Å². The second-order valence-corrected chi connectivity index (χ2v) is 10.3. The number of carbonyl (C=O) groups excluding carboxylic acids is 1. The number of carbonyl (C=O) groups is 1. The van der Waals surface area contributed by atoms with Crippen molar-refractivity contribution in [3.8, 4) is 11.1 Å². The monoisotopic (exact) mass is 414 g/mol. The van der Waals surface area contributed by atoms with E-state index in [1.165, 1.54) is 37.6 Å². The van der Waals surface area contributed by atoms with E-state index >= 15 is 4.39 Å². The average Bonchev–Trinajstić information content (AvgIpc) is 2.92. The van der Waals surface area contributed by atoms with Gasteiger partial charge in [0.25, 0.3) is 0 Å². The summed E-state index contributed by atoms with van der Waals surface area (Å²) in [5.41, 5.74) is 3.34. The maximum Gasteiger partial charge on any atom is 0.421 e. The highest BCUT2D eigenvalue weighted by Crippen LogP contribution is 2.45. The molecule has 1 fully saturated rings. The molecule has 1 unspecified atom stereocenters. The van der Waals surface area contributed by atoms with Crippen molar-refractivity contribution in [2.45, 2.75) is 18.6 Å². The lowest BCUT2D eigenvalue weighted by Crippen LogP contribution is -2.35. The first kappa shape index (κ1) is 20.6. The molecule has 1 atom stereocenters. The smallest absolute Gasteiger partial charge is 0.320 e. The summed E-state index contributed by atoms with van der Waals surface area (Å²) in [4.78, 5) is 13.0. The highest BCUT2D eigenvalue weighted by atomic mass is 31.2. The van der Waals surface area contributed by atoms with Crippen molar-refractivity contribution in [3.05, 3.63) is 47.8 Å². The van der Waals surface area contributed by atoms with Crippen LogP contribution in [0.25, 0.3) is 11.1 Å². The van der Waals surface area contributed by atoms with Gasteiger partial charge < -0.3 is 15.2 Å². The minimum atomic E-state index is -5.03. The van der Waals surface area contributed by atoms with Crippen molar-refractivity contribution < 1.29 is 26.9 Å². The molecule has 0 aliphatic carbocycles. The van der Waals surface area contributed by atoms with Gasteiger partial charge in [0.05, 0.1) is 11.7 Å². The summed E-state index contributed by atoms with van der Waals surface area (Å²) in [7, 11) is -2.88. The lowest BCUT2D eigenvalue weighted by molar-refractivity contribution is -0.139. The predicted octanol–water partition coefficient (Wildman–Crippen LogP) is 3.82. The number of alkyl halides is 3. The van der Waals surface area contributed by atoms with Crippen LogP contribution in [0.3, 0.4) is 0 Å². The van der Waals surface area contributed by atoms with Gasteiger partial charge in [-0.05, 0) is 37.4 Å². The second-order valence-electron chi connectivity index (χ2n) is 7.07. The summed E-state index contributed by atoms with van der Waals surface area (Å²) >= 11 is 0. The van der Waals surface area contributed by atoms with E-state index < -0.39 is 42.3 Å². The van der Waals surface area contributed by atoms with Crippen molar-refractivity contribution in [2.24, 2.45) is 5.73 Å². The number of benzene rings is 2. The summed E-state index contributed by atoms with van der Waals surface area (Å²) in [5, 5.41) is 0.286. The van der Waals surface area contributed by atoms with Gasteiger partial charge >= 0.3 is 6.18 Å². The van der Waals surface area contributed by atoms with Crippen LogP contribution in [0.1, 0.15) is 12.0 Å². The maximum atomic E-state index is 15.2. The Labute approximate surface area is 159 Å².